The van der Waals surface area contributed by atoms with Crippen LogP contribution in [0.15, 0.2) is 51.7 Å². The van der Waals surface area contributed by atoms with E-state index in [0.717, 1.165) is 26.6 Å². The summed E-state index contributed by atoms with van der Waals surface area (Å²) in [6.07, 6.45) is 3.54. The number of carbonyl (C=O) groups excluding carboxylic acids is 1. The van der Waals surface area contributed by atoms with Gasteiger partial charge in [0.05, 0.1) is 12.7 Å². The Morgan fingerprint density at radius 2 is 2.19 bits per heavy atom. The molecule has 4 nitrogen and oxygen atoms in total. The van der Waals surface area contributed by atoms with Crippen LogP contribution in [0, 0.1) is 6.92 Å². The predicted molar refractivity (Wildman–Crippen MR) is 85.2 cm³/mol. The second-order valence-electron chi connectivity index (χ2n) is 4.85. The van der Waals surface area contributed by atoms with Crippen LogP contribution < -0.4 is 5.32 Å². The number of aromatic nitrogens is 1. The molecule has 5 heteroatoms. The maximum atomic E-state index is 12.1. The van der Waals surface area contributed by atoms with Gasteiger partial charge in [0.25, 0.3) is 0 Å². The third kappa shape index (κ3) is 3.13. The second-order valence-corrected chi connectivity index (χ2v) is 5.76. The Kier molecular flexibility index (Phi) is 3.75. The van der Waals surface area contributed by atoms with Crippen molar-refractivity contribution in [2.24, 2.45) is 0 Å². The van der Waals surface area contributed by atoms with Gasteiger partial charge in [-0.1, -0.05) is 12.1 Å². The number of aryl methyl sites for hydroxylation is 1. The first-order valence-electron chi connectivity index (χ1n) is 6.50. The molecule has 2 heterocycles. The number of hydrogen-bond donors (Lipinski definition) is 1. The van der Waals surface area contributed by atoms with E-state index in [1.54, 1.807) is 18.5 Å². The van der Waals surface area contributed by atoms with Crippen molar-refractivity contribution in [1.82, 2.24) is 4.98 Å². The number of halogens is 1. The van der Waals surface area contributed by atoms with E-state index in [1.165, 1.54) is 0 Å². The number of carbonyl (C=O) groups is 1. The third-order valence-electron chi connectivity index (χ3n) is 3.16. The van der Waals surface area contributed by atoms with Crippen molar-refractivity contribution >= 4 is 38.6 Å². The Morgan fingerprint density at radius 1 is 1.33 bits per heavy atom. The van der Waals surface area contributed by atoms with E-state index in [0.29, 0.717) is 5.82 Å². The molecule has 3 rings (SSSR count). The van der Waals surface area contributed by atoms with Crippen LogP contribution in [-0.2, 0) is 11.2 Å². The van der Waals surface area contributed by atoms with Gasteiger partial charge in [0.15, 0.2) is 0 Å². The third-order valence-corrected chi connectivity index (χ3v) is 3.63. The van der Waals surface area contributed by atoms with E-state index in [4.69, 9.17) is 4.42 Å². The Morgan fingerprint density at radius 3 is 2.95 bits per heavy atom. The summed E-state index contributed by atoms with van der Waals surface area (Å²) in [7, 11) is 0. The van der Waals surface area contributed by atoms with E-state index >= 15 is 0 Å². The lowest BCUT2D eigenvalue weighted by atomic mass is 10.1. The molecule has 1 N–H and O–H groups in total. The van der Waals surface area contributed by atoms with E-state index in [9.17, 15) is 4.79 Å². The molecule has 1 amide bonds. The van der Waals surface area contributed by atoms with Gasteiger partial charge in [0.2, 0.25) is 5.91 Å². The highest BCUT2D eigenvalue weighted by Crippen LogP contribution is 2.23. The average molecular weight is 345 g/mol. The highest BCUT2D eigenvalue weighted by molar-refractivity contribution is 9.10. The fourth-order valence-corrected chi connectivity index (χ4v) is 2.37. The largest absolute Gasteiger partial charge is 0.464 e. The van der Waals surface area contributed by atoms with Crippen LogP contribution >= 0.6 is 15.9 Å². The van der Waals surface area contributed by atoms with Crippen LogP contribution in [0.3, 0.4) is 0 Å². The average Bonchev–Trinajstić information content (AvgIpc) is 2.83. The minimum absolute atomic E-state index is 0.118. The van der Waals surface area contributed by atoms with Gasteiger partial charge in [0.1, 0.15) is 11.4 Å². The molecule has 0 aliphatic rings. The van der Waals surface area contributed by atoms with Crippen molar-refractivity contribution in [2.45, 2.75) is 13.3 Å². The Balaban J connectivity index is 1.75. The number of furan rings is 1. The molecule has 3 aromatic rings. The van der Waals surface area contributed by atoms with E-state index < -0.39 is 0 Å². The van der Waals surface area contributed by atoms with Gasteiger partial charge in [-0.3, -0.25) is 4.79 Å². The zero-order chi connectivity index (χ0) is 14.8. The number of pyridine rings is 1. The molecule has 1 aromatic carbocycles. The monoisotopic (exact) mass is 344 g/mol. The summed E-state index contributed by atoms with van der Waals surface area (Å²) in [6, 6.07) is 9.54. The highest BCUT2D eigenvalue weighted by atomic mass is 79.9. The lowest BCUT2D eigenvalue weighted by Crippen LogP contribution is -2.14. The van der Waals surface area contributed by atoms with Gasteiger partial charge in [-0.2, -0.15) is 0 Å². The minimum atomic E-state index is -0.118. The summed E-state index contributed by atoms with van der Waals surface area (Å²) in [6.45, 7) is 2.01. The van der Waals surface area contributed by atoms with Gasteiger partial charge in [-0.15, -0.1) is 0 Å². The molecule has 0 aliphatic heterocycles. The molecule has 0 unspecified atom stereocenters. The lowest BCUT2D eigenvalue weighted by Gasteiger charge is -2.03. The minimum Gasteiger partial charge on any atom is -0.464 e. The molecule has 0 saturated heterocycles. The maximum absolute atomic E-state index is 12.1. The number of nitrogens with zero attached hydrogens (tertiary/aromatic N) is 1. The number of fused-ring (bicyclic) bond motifs is 1. The molecule has 106 valence electrons. The molecule has 0 fully saturated rings. The molecule has 21 heavy (non-hydrogen) atoms. The summed E-state index contributed by atoms with van der Waals surface area (Å²) in [5, 5.41) is 3.74. The second kappa shape index (κ2) is 5.69. The number of nitrogens with one attached hydrogen (secondary N) is 1. The smallest absolute Gasteiger partial charge is 0.230 e. The predicted octanol–water partition coefficient (Wildman–Crippen LogP) is 4.08. The van der Waals surface area contributed by atoms with Crippen LogP contribution in [0.2, 0.25) is 0 Å². The fourth-order valence-electron chi connectivity index (χ4n) is 2.14. The molecule has 0 aliphatic carbocycles. The summed E-state index contributed by atoms with van der Waals surface area (Å²) >= 11 is 3.31. The zero-order valence-electron chi connectivity index (χ0n) is 11.4. The topological polar surface area (TPSA) is 55.1 Å². The van der Waals surface area contributed by atoms with Gasteiger partial charge in [-0.05, 0) is 46.6 Å². The van der Waals surface area contributed by atoms with Gasteiger partial charge in [0, 0.05) is 21.6 Å². The molecule has 0 bridgehead atoms. The Labute approximate surface area is 130 Å². The van der Waals surface area contributed by atoms with Gasteiger partial charge < -0.3 is 9.73 Å². The van der Waals surface area contributed by atoms with E-state index in [1.807, 2.05) is 31.2 Å². The first-order chi connectivity index (χ1) is 10.1. The Hall–Kier alpha value is -2.14. The van der Waals surface area contributed by atoms with E-state index in [-0.39, 0.29) is 12.3 Å². The van der Waals surface area contributed by atoms with Crippen LogP contribution in [0.4, 0.5) is 5.82 Å². The number of anilines is 1. The number of benzene rings is 1. The molecular weight excluding hydrogens is 332 g/mol. The molecule has 0 saturated carbocycles. The molecule has 0 spiro atoms. The van der Waals surface area contributed by atoms with Gasteiger partial charge in [-0.25, -0.2) is 4.98 Å². The SMILES string of the molecule is Cc1ccc2c(CC(=O)Nc3ccc(Br)cn3)coc2c1. The van der Waals surface area contributed by atoms with Crippen molar-refractivity contribution in [1.29, 1.82) is 0 Å². The number of hydrogen-bond acceptors (Lipinski definition) is 3. The quantitative estimate of drug-likeness (QED) is 0.778. The maximum Gasteiger partial charge on any atom is 0.230 e. The van der Waals surface area contributed by atoms with E-state index in [2.05, 4.69) is 26.2 Å². The van der Waals surface area contributed by atoms with Gasteiger partial charge >= 0.3 is 0 Å². The van der Waals surface area contributed by atoms with Crippen LogP contribution in [0.25, 0.3) is 11.0 Å². The Bertz CT molecular complexity index is 794. The van der Waals surface area contributed by atoms with Crippen LogP contribution in [-0.4, -0.2) is 10.9 Å². The normalized spacial score (nSPS) is 10.8. The molecule has 0 atom stereocenters. The highest BCUT2D eigenvalue weighted by Gasteiger charge is 2.11. The number of amides is 1. The van der Waals surface area contributed by atoms with Crippen molar-refractivity contribution in [3.05, 3.63) is 58.4 Å². The lowest BCUT2D eigenvalue weighted by molar-refractivity contribution is -0.115. The van der Waals surface area contributed by atoms with Crippen molar-refractivity contribution in [2.75, 3.05) is 5.32 Å². The molecular formula is C16H13BrN2O2. The van der Waals surface area contributed by atoms with Crippen molar-refractivity contribution in [3.8, 4) is 0 Å². The molecule has 0 radical (unpaired) electrons. The summed E-state index contributed by atoms with van der Waals surface area (Å²) in [5.41, 5.74) is 2.81. The van der Waals surface area contributed by atoms with Crippen molar-refractivity contribution < 1.29 is 9.21 Å². The molecule has 2 aromatic heterocycles. The van der Waals surface area contributed by atoms with Crippen LogP contribution in [0.1, 0.15) is 11.1 Å². The summed E-state index contributed by atoms with van der Waals surface area (Å²) in [4.78, 5) is 16.2. The van der Waals surface area contributed by atoms with Crippen LogP contribution in [0.5, 0.6) is 0 Å². The first-order valence-corrected chi connectivity index (χ1v) is 7.29. The first kappa shape index (κ1) is 13.8. The zero-order valence-corrected chi connectivity index (χ0v) is 13.0. The standard InChI is InChI=1S/C16H13BrN2O2/c1-10-2-4-13-11(9-21-14(13)6-10)7-16(20)19-15-5-3-12(17)8-18-15/h2-6,8-9H,7H2,1H3,(H,18,19,20). The summed E-state index contributed by atoms with van der Waals surface area (Å²) in [5.74, 6) is 0.417. The fraction of sp³-hybridized carbons (Fsp3) is 0.125. The number of rotatable bonds is 3. The van der Waals surface area contributed by atoms with Crippen molar-refractivity contribution in [3.63, 3.8) is 0 Å². The summed E-state index contributed by atoms with van der Waals surface area (Å²) < 4.78 is 6.37.